The zero-order chi connectivity index (χ0) is 15.2. The van der Waals surface area contributed by atoms with E-state index in [-0.39, 0.29) is 5.91 Å². The van der Waals surface area contributed by atoms with Crippen LogP contribution in [0.2, 0.25) is 0 Å². The average molecular weight is 298 g/mol. The molecule has 0 aromatic rings. The molecule has 21 heavy (non-hydrogen) atoms. The van der Waals surface area contributed by atoms with Crippen LogP contribution in [0.1, 0.15) is 45.4 Å². The molecule has 2 rings (SSSR count). The molecular weight excluding hydrogens is 272 g/mol. The molecule has 2 aliphatic heterocycles. The van der Waals surface area contributed by atoms with Gasteiger partial charge in [0.25, 0.3) is 0 Å². The lowest BCUT2D eigenvalue weighted by Gasteiger charge is -2.33. The van der Waals surface area contributed by atoms with Crippen molar-refractivity contribution in [1.29, 1.82) is 0 Å². The van der Waals surface area contributed by atoms with E-state index in [1.54, 1.807) is 0 Å². The van der Waals surface area contributed by atoms with Crippen molar-refractivity contribution in [3.63, 3.8) is 0 Å². The predicted molar refractivity (Wildman–Crippen MR) is 78.0 cm³/mol. The first-order valence-electron chi connectivity index (χ1n) is 7.98. The number of carboxylic acid groups (broad SMARTS) is 1. The number of carbonyl (C=O) groups is 2. The number of amides is 1. The minimum absolute atomic E-state index is 0.176. The van der Waals surface area contributed by atoms with Gasteiger partial charge in [-0.25, -0.2) is 4.79 Å². The Hall–Kier alpha value is -1.14. The van der Waals surface area contributed by atoms with Crippen molar-refractivity contribution in [1.82, 2.24) is 10.2 Å². The van der Waals surface area contributed by atoms with Gasteiger partial charge in [-0.1, -0.05) is 6.42 Å². The van der Waals surface area contributed by atoms with E-state index >= 15 is 0 Å². The van der Waals surface area contributed by atoms with Crippen molar-refractivity contribution < 1.29 is 19.4 Å². The molecule has 0 radical (unpaired) electrons. The molecule has 0 aromatic carbocycles. The van der Waals surface area contributed by atoms with Gasteiger partial charge in [0.15, 0.2) is 6.10 Å². The zero-order valence-corrected chi connectivity index (χ0v) is 12.7. The van der Waals surface area contributed by atoms with Gasteiger partial charge >= 0.3 is 5.97 Å². The number of nitrogens with one attached hydrogen (secondary N) is 1. The number of rotatable bonds is 6. The van der Waals surface area contributed by atoms with Crippen molar-refractivity contribution in [3.05, 3.63) is 0 Å². The lowest BCUT2D eigenvalue weighted by Crippen LogP contribution is -2.40. The molecule has 2 aliphatic rings. The van der Waals surface area contributed by atoms with Gasteiger partial charge in [0.05, 0.1) is 0 Å². The Morgan fingerprint density at radius 2 is 2.00 bits per heavy atom. The van der Waals surface area contributed by atoms with Crippen molar-refractivity contribution in [2.24, 2.45) is 0 Å². The predicted octanol–water partition coefficient (Wildman–Crippen LogP) is 0.999. The summed E-state index contributed by atoms with van der Waals surface area (Å²) in [6, 6.07) is 0.643. The van der Waals surface area contributed by atoms with Crippen LogP contribution in [-0.2, 0) is 14.3 Å². The summed E-state index contributed by atoms with van der Waals surface area (Å²) in [5, 5.41) is 11.7. The largest absolute Gasteiger partial charge is 0.479 e. The van der Waals surface area contributed by atoms with Gasteiger partial charge in [-0.2, -0.15) is 0 Å². The minimum atomic E-state index is -0.982. The number of ether oxygens (including phenoxy) is 1. The maximum absolute atomic E-state index is 11.9. The van der Waals surface area contributed by atoms with E-state index in [1.807, 2.05) is 0 Å². The van der Waals surface area contributed by atoms with E-state index in [2.05, 4.69) is 17.1 Å². The third-order valence-corrected chi connectivity index (χ3v) is 4.45. The summed E-state index contributed by atoms with van der Waals surface area (Å²) in [6.45, 7) is 5.04. The molecule has 0 aliphatic carbocycles. The first-order valence-corrected chi connectivity index (χ1v) is 7.98. The van der Waals surface area contributed by atoms with Crippen LogP contribution in [0.4, 0.5) is 0 Å². The maximum atomic E-state index is 11.9. The van der Waals surface area contributed by atoms with Gasteiger partial charge in [-0.05, 0) is 45.6 Å². The van der Waals surface area contributed by atoms with Crippen LogP contribution in [0.25, 0.3) is 0 Å². The summed E-state index contributed by atoms with van der Waals surface area (Å²) in [4.78, 5) is 25.1. The maximum Gasteiger partial charge on any atom is 0.332 e. The Balaban J connectivity index is 1.60. The third-order valence-electron chi connectivity index (χ3n) is 4.45. The zero-order valence-electron chi connectivity index (χ0n) is 12.7. The number of nitrogens with zero attached hydrogens (tertiary/aromatic N) is 1. The summed E-state index contributed by atoms with van der Waals surface area (Å²) in [6.07, 6.45) is 4.26. The molecule has 1 unspecified atom stereocenters. The summed E-state index contributed by atoms with van der Waals surface area (Å²) in [7, 11) is 0. The molecule has 120 valence electrons. The van der Waals surface area contributed by atoms with Gasteiger partial charge < -0.3 is 20.1 Å². The van der Waals surface area contributed by atoms with Crippen molar-refractivity contribution in [2.75, 3.05) is 19.6 Å². The first kappa shape index (κ1) is 16.2. The number of likely N-dealkylation sites (tertiary alicyclic amines) is 1. The highest BCUT2D eigenvalue weighted by molar-refractivity contribution is 5.82. The van der Waals surface area contributed by atoms with Crippen LogP contribution < -0.4 is 5.32 Å². The molecule has 0 spiro atoms. The quantitative estimate of drug-likeness (QED) is 0.715. The van der Waals surface area contributed by atoms with Crippen LogP contribution in [0.5, 0.6) is 0 Å². The molecule has 2 N–H and O–H groups in total. The Labute approximate surface area is 125 Å². The lowest BCUT2D eigenvalue weighted by molar-refractivity contribution is -0.151. The highest BCUT2D eigenvalue weighted by Gasteiger charge is 2.34. The number of carboxylic acids is 1. The minimum Gasteiger partial charge on any atom is -0.479 e. The molecule has 3 atom stereocenters. The van der Waals surface area contributed by atoms with Gasteiger partial charge in [-0.15, -0.1) is 0 Å². The monoisotopic (exact) mass is 298 g/mol. The van der Waals surface area contributed by atoms with Crippen molar-refractivity contribution >= 4 is 11.9 Å². The molecule has 2 fully saturated rings. The molecule has 0 aromatic heterocycles. The lowest BCUT2D eigenvalue weighted by atomic mass is 10.0. The van der Waals surface area contributed by atoms with Crippen LogP contribution in [-0.4, -0.2) is 59.8 Å². The number of piperidine rings is 1. The van der Waals surface area contributed by atoms with Gasteiger partial charge in [0.2, 0.25) is 5.91 Å². The molecule has 6 nitrogen and oxygen atoms in total. The number of hydrogen-bond acceptors (Lipinski definition) is 4. The second-order valence-corrected chi connectivity index (χ2v) is 6.05. The topological polar surface area (TPSA) is 78.9 Å². The van der Waals surface area contributed by atoms with Crippen LogP contribution in [0, 0.1) is 0 Å². The van der Waals surface area contributed by atoms with E-state index in [9.17, 15) is 9.59 Å². The van der Waals surface area contributed by atoms with E-state index in [0.29, 0.717) is 25.4 Å². The summed E-state index contributed by atoms with van der Waals surface area (Å²) < 4.78 is 5.23. The van der Waals surface area contributed by atoms with E-state index in [0.717, 1.165) is 19.5 Å². The van der Waals surface area contributed by atoms with Gasteiger partial charge in [0.1, 0.15) is 6.10 Å². The molecule has 0 saturated carbocycles. The highest BCUT2D eigenvalue weighted by atomic mass is 16.5. The average Bonchev–Trinajstić information content (AvgIpc) is 2.95. The Morgan fingerprint density at radius 3 is 2.67 bits per heavy atom. The molecular formula is C15H26N2O4. The Bertz CT molecular complexity index is 375. The third kappa shape index (κ3) is 4.68. The number of aliphatic carboxylic acids is 1. The molecule has 0 bridgehead atoms. The summed E-state index contributed by atoms with van der Waals surface area (Å²) in [5.74, 6) is -1.16. The second kappa shape index (κ2) is 7.75. The number of hydrogen-bond donors (Lipinski definition) is 2. The standard InChI is InChI=1S/C15H26N2O4/c1-11-5-2-3-9-17(11)10-4-8-16-14(18)12-6-7-13(21-12)15(19)20/h11-13H,2-10H2,1H3,(H,16,18)(H,19,20)/t11?,12-,13+/m0/s1. The fourth-order valence-electron chi connectivity index (χ4n) is 3.11. The van der Waals surface area contributed by atoms with Crippen molar-refractivity contribution in [3.8, 4) is 0 Å². The summed E-state index contributed by atoms with van der Waals surface area (Å²) >= 11 is 0. The fraction of sp³-hybridized carbons (Fsp3) is 0.867. The SMILES string of the molecule is CC1CCCCN1CCCNC(=O)[C@@H]1CC[C@H](C(=O)O)O1. The van der Waals surface area contributed by atoms with Gasteiger partial charge in [0, 0.05) is 19.1 Å². The molecule has 1 amide bonds. The Kier molecular flexibility index (Phi) is 5.99. The van der Waals surface area contributed by atoms with E-state index in [4.69, 9.17) is 9.84 Å². The van der Waals surface area contributed by atoms with Gasteiger partial charge in [-0.3, -0.25) is 4.79 Å². The molecule has 2 heterocycles. The summed E-state index contributed by atoms with van der Waals surface area (Å²) in [5.41, 5.74) is 0. The van der Waals surface area contributed by atoms with E-state index < -0.39 is 18.2 Å². The smallest absolute Gasteiger partial charge is 0.332 e. The molecule has 2 saturated heterocycles. The fourth-order valence-corrected chi connectivity index (χ4v) is 3.11. The van der Waals surface area contributed by atoms with Crippen LogP contribution in [0.15, 0.2) is 0 Å². The number of carbonyl (C=O) groups excluding carboxylic acids is 1. The molecule has 6 heteroatoms. The highest BCUT2D eigenvalue weighted by Crippen LogP contribution is 2.20. The van der Waals surface area contributed by atoms with E-state index in [1.165, 1.54) is 19.3 Å². The van der Waals surface area contributed by atoms with Crippen LogP contribution >= 0.6 is 0 Å². The van der Waals surface area contributed by atoms with Crippen LogP contribution in [0.3, 0.4) is 0 Å². The normalized spacial score (nSPS) is 30.2. The second-order valence-electron chi connectivity index (χ2n) is 6.05. The first-order chi connectivity index (χ1) is 10.1. The van der Waals surface area contributed by atoms with Crippen molar-refractivity contribution in [2.45, 2.75) is 63.7 Å². The Morgan fingerprint density at radius 1 is 1.24 bits per heavy atom.